The minimum absolute atomic E-state index is 0.159. The third-order valence-corrected chi connectivity index (χ3v) is 3.00. The van der Waals surface area contributed by atoms with E-state index in [1.54, 1.807) is 18.2 Å². The number of carbonyl (C=O) groups excluding carboxylic acids is 1. The number of amides is 2. The first-order valence-corrected chi connectivity index (χ1v) is 7.01. The minimum atomic E-state index is -0.797. The number of halogens is 1. The average Bonchev–Trinajstić information content (AvgIpc) is 2.42. The molecular weight excluding hydrogens is 296 g/mol. The van der Waals surface area contributed by atoms with Crippen molar-refractivity contribution in [1.29, 1.82) is 0 Å². The van der Waals surface area contributed by atoms with E-state index in [9.17, 15) is 9.59 Å². The second kappa shape index (κ2) is 9.07. The van der Waals surface area contributed by atoms with E-state index < -0.39 is 5.97 Å². The van der Waals surface area contributed by atoms with E-state index in [0.717, 1.165) is 12.8 Å². The van der Waals surface area contributed by atoms with Crippen LogP contribution < -0.4 is 15.4 Å². The largest absolute Gasteiger partial charge is 0.495 e. The first kappa shape index (κ1) is 17.1. The average molecular weight is 315 g/mol. The van der Waals surface area contributed by atoms with Crippen LogP contribution in [-0.2, 0) is 4.79 Å². The Hall–Kier alpha value is -1.95. The van der Waals surface area contributed by atoms with Crippen molar-refractivity contribution in [3.63, 3.8) is 0 Å². The Morgan fingerprint density at radius 2 is 2.05 bits per heavy atom. The van der Waals surface area contributed by atoms with Gasteiger partial charge in [0.15, 0.2) is 0 Å². The van der Waals surface area contributed by atoms with Crippen LogP contribution in [0.25, 0.3) is 0 Å². The fraction of sp³-hybridized carbons (Fsp3) is 0.429. The first-order valence-electron chi connectivity index (χ1n) is 6.63. The third kappa shape index (κ3) is 6.85. The molecule has 7 heteroatoms. The summed E-state index contributed by atoms with van der Waals surface area (Å²) in [4.78, 5) is 22.0. The molecule has 21 heavy (non-hydrogen) atoms. The van der Waals surface area contributed by atoms with Crippen molar-refractivity contribution in [2.45, 2.75) is 25.7 Å². The maximum Gasteiger partial charge on any atom is 0.319 e. The molecule has 1 aromatic rings. The van der Waals surface area contributed by atoms with E-state index in [0.29, 0.717) is 29.4 Å². The van der Waals surface area contributed by atoms with E-state index in [-0.39, 0.29) is 12.5 Å². The second-order valence-corrected chi connectivity index (χ2v) is 4.87. The Morgan fingerprint density at radius 3 is 2.71 bits per heavy atom. The van der Waals surface area contributed by atoms with Crippen molar-refractivity contribution in [1.82, 2.24) is 5.32 Å². The van der Waals surface area contributed by atoms with E-state index in [1.807, 2.05) is 0 Å². The van der Waals surface area contributed by atoms with Crippen molar-refractivity contribution < 1.29 is 19.4 Å². The minimum Gasteiger partial charge on any atom is -0.495 e. The molecule has 0 saturated carbocycles. The van der Waals surface area contributed by atoms with E-state index >= 15 is 0 Å². The van der Waals surface area contributed by atoms with Crippen LogP contribution in [-0.4, -0.2) is 30.8 Å². The highest BCUT2D eigenvalue weighted by molar-refractivity contribution is 6.31. The van der Waals surface area contributed by atoms with Gasteiger partial charge in [0.2, 0.25) is 0 Å². The number of hydrogen-bond acceptors (Lipinski definition) is 3. The lowest BCUT2D eigenvalue weighted by molar-refractivity contribution is -0.137. The highest BCUT2D eigenvalue weighted by Gasteiger charge is 2.07. The molecule has 2 amide bonds. The molecule has 0 aliphatic heterocycles. The highest BCUT2D eigenvalue weighted by Crippen LogP contribution is 2.27. The smallest absolute Gasteiger partial charge is 0.319 e. The van der Waals surface area contributed by atoms with Gasteiger partial charge >= 0.3 is 12.0 Å². The summed E-state index contributed by atoms with van der Waals surface area (Å²) in [6.07, 6.45) is 2.26. The van der Waals surface area contributed by atoms with Crippen LogP contribution in [0.3, 0.4) is 0 Å². The Kier molecular flexibility index (Phi) is 7.39. The number of hydrogen-bond donors (Lipinski definition) is 3. The number of ether oxygens (including phenoxy) is 1. The van der Waals surface area contributed by atoms with Gasteiger partial charge in [-0.05, 0) is 31.0 Å². The van der Waals surface area contributed by atoms with Gasteiger partial charge in [-0.3, -0.25) is 4.79 Å². The van der Waals surface area contributed by atoms with Gasteiger partial charge in [-0.15, -0.1) is 0 Å². The van der Waals surface area contributed by atoms with Gasteiger partial charge in [0.1, 0.15) is 5.75 Å². The molecule has 6 nitrogen and oxygen atoms in total. The zero-order chi connectivity index (χ0) is 15.7. The fourth-order valence-corrected chi connectivity index (χ4v) is 1.90. The molecular formula is C14H19ClN2O4. The molecule has 3 N–H and O–H groups in total. The Morgan fingerprint density at radius 1 is 1.29 bits per heavy atom. The van der Waals surface area contributed by atoms with Crippen molar-refractivity contribution in [2.24, 2.45) is 0 Å². The van der Waals surface area contributed by atoms with Gasteiger partial charge < -0.3 is 20.5 Å². The van der Waals surface area contributed by atoms with Gasteiger partial charge in [0, 0.05) is 18.0 Å². The number of carboxylic acid groups (broad SMARTS) is 1. The SMILES string of the molecule is COc1ccc(Cl)cc1NC(=O)NCCCCCC(=O)O. The lowest BCUT2D eigenvalue weighted by Crippen LogP contribution is -2.29. The number of carboxylic acids is 1. The third-order valence-electron chi connectivity index (χ3n) is 2.76. The maximum absolute atomic E-state index is 11.7. The lowest BCUT2D eigenvalue weighted by Gasteiger charge is -2.11. The number of carbonyl (C=O) groups is 2. The van der Waals surface area contributed by atoms with Crippen LogP contribution in [0.2, 0.25) is 5.02 Å². The van der Waals surface area contributed by atoms with Crippen LogP contribution in [0.4, 0.5) is 10.5 Å². The Labute approximate surface area is 128 Å². The number of aliphatic carboxylic acids is 1. The highest BCUT2D eigenvalue weighted by atomic mass is 35.5. The van der Waals surface area contributed by atoms with E-state index in [4.69, 9.17) is 21.4 Å². The molecule has 0 aromatic heterocycles. The number of nitrogens with one attached hydrogen (secondary N) is 2. The monoisotopic (exact) mass is 314 g/mol. The summed E-state index contributed by atoms with van der Waals surface area (Å²) in [5, 5.41) is 14.3. The molecule has 0 heterocycles. The predicted molar refractivity (Wildman–Crippen MR) is 81.1 cm³/mol. The Balaban J connectivity index is 2.31. The number of methoxy groups -OCH3 is 1. The molecule has 0 aliphatic rings. The maximum atomic E-state index is 11.7. The molecule has 1 rings (SSSR count). The predicted octanol–water partition coefficient (Wildman–Crippen LogP) is 3.12. The van der Waals surface area contributed by atoms with Gasteiger partial charge in [-0.1, -0.05) is 18.0 Å². The van der Waals surface area contributed by atoms with Gasteiger partial charge in [0.05, 0.1) is 12.8 Å². The molecule has 0 spiro atoms. The normalized spacial score (nSPS) is 10.0. The topological polar surface area (TPSA) is 87.7 Å². The van der Waals surface area contributed by atoms with Crippen LogP contribution in [0.15, 0.2) is 18.2 Å². The van der Waals surface area contributed by atoms with Gasteiger partial charge in [-0.25, -0.2) is 4.79 Å². The zero-order valence-corrected chi connectivity index (χ0v) is 12.6. The van der Waals surface area contributed by atoms with Crippen molar-refractivity contribution in [2.75, 3.05) is 19.0 Å². The zero-order valence-electron chi connectivity index (χ0n) is 11.8. The fourth-order valence-electron chi connectivity index (χ4n) is 1.72. The van der Waals surface area contributed by atoms with Gasteiger partial charge in [0.25, 0.3) is 0 Å². The Bertz CT molecular complexity index is 494. The number of urea groups is 1. The van der Waals surface area contributed by atoms with Crippen LogP contribution in [0, 0.1) is 0 Å². The molecule has 116 valence electrons. The number of unbranched alkanes of at least 4 members (excludes halogenated alkanes) is 2. The summed E-state index contributed by atoms with van der Waals surface area (Å²) < 4.78 is 5.12. The summed E-state index contributed by atoms with van der Waals surface area (Å²) in [7, 11) is 1.51. The quantitative estimate of drug-likeness (QED) is 0.643. The molecule has 0 atom stereocenters. The summed E-state index contributed by atoms with van der Waals surface area (Å²) in [6, 6.07) is 4.59. The van der Waals surface area contributed by atoms with Crippen molar-refractivity contribution in [3.8, 4) is 5.75 Å². The molecule has 0 aliphatic carbocycles. The number of benzene rings is 1. The molecule has 0 bridgehead atoms. The lowest BCUT2D eigenvalue weighted by atomic mass is 10.2. The molecule has 0 radical (unpaired) electrons. The van der Waals surface area contributed by atoms with Crippen molar-refractivity contribution >= 4 is 29.3 Å². The van der Waals surface area contributed by atoms with E-state index in [2.05, 4.69) is 10.6 Å². The first-order chi connectivity index (χ1) is 10.0. The van der Waals surface area contributed by atoms with Crippen LogP contribution >= 0.6 is 11.6 Å². The summed E-state index contributed by atoms with van der Waals surface area (Å²) >= 11 is 5.87. The summed E-state index contributed by atoms with van der Waals surface area (Å²) in [5.74, 6) is -0.273. The molecule has 0 unspecified atom stereocenters. The summed E-state index contributed by atoms with van der Waals surface area (Å²) in [6.45, 7) is 0.480. The second-order valence-electron chi connectivity index (χ2n) is 4.43. The summed E-state index contributed by atoms with van der Waals surface area (Å²) in [5.41, 5.74) is 0.494. The number of anilines is 1. The standard InChI is InChI=1S/C14H19ClN2O4/c1-21-12-7-6-10(15)9-11(12)17-14(20)16-8-4-2-3-5-13(18)19/h6-7,9H,2-5,8H2,1H3,(H,18,19)(H2,16,17,20). The molecule has 1 aromatic carbocycles. The van der Waals surface area contributed by atoms with Crippen LogP contribution in [0.1, 0.15) is 25.7 Å². The molecule has 0 saturated heterocycles. The van der Waals surface area contributed by atoms with Crippen LogP contribution in [0.5, 0.6) is 5.75 Å². The molecule has 0 fully saturated rings. The van der Waals surface area contributed by atoms with Gasteiger partial charge in [-0.2, -0.15) is 0 Å². The van der Waals surface area contributed by atoms with Crippen molar-refractivity contribution in [3.05, 3.63) is 23.2 Å². The number of rotatable bonds is 8. The van der Waals surface area contributed by atoms with E-state index in [1.165, 1.54) is 7.11 Å².